The molecule has 0 spiro atoms. The fraction of sp³-hybridized carbons (Fsp3) is 0.238. The molecule has 1 amide bonds. The minimum absolute atomic E-state index is 0.0867. The summed E-state index contributed by atoms with van der Waals surface area (Å²) in [6.45, 7) is 3.32. The molecule has 1 aliphatic rings. The smallest absolute Gasteiger partial charge is 0.253 e. The van der Waals surface area contributed by atoms with Crippen molar-refractivity contribution in [3.05, 3.63) is 66.1 Å². The summed E-state index contributed by atoms with van der Waals surface area (Å²) in [5.74, 6) is -0.167. The van der Waals surface area contributed by atoms with Crippen LogP contribution >= 0.6 is 23.3 Å². The molecule has 0 bridgehead atoms. The number of rotatable bonds is 4. The molecule has 1 aromatic heterocycles. The van der Waals surface area contributed by atoms with Crippen LogP contribution in [0.25, 0.3) is 21.0 Å². The first-order chi connectivity index (χ1) is 13.6. The molecule has 3 aromatic rings. The Balaban J connectivity index is 1.46. The second-order valence-electron chi connectivity index (χ2n) is 6.52. The van der Waals surface area contributed by atoms with Crippen molar-refractivity contribution in [1.82, 2.24) is 14.2 Å². The van der Waals surface area contributed by atoms with Crippen molar-refractivity contribution in [3.8, 4) is 21.0 Å². The van der Waals surface area contributed by atoms with E-state index >= 15 is 0 Å². The predicted molar refractivity (Wildman–Crippen MR) is 114 cm³/mol. The van der Waals surface area contributed by atoms with Gasteiger partial charge in [-0.1, -0.05) is 24.1 Å². The van der Waals surface area contributed by atoms with Gasteiger partial charge in [-0.05, 0) is 48.2 Å². The average molecular weight is 414 g/mol. The summed E-state index contributed by atoms with van der Waals surface area (Å²) in [6, 6.07) is 14.0. The number of thiazole rings is 1. The number of nitrogens with zero attached hydrogens (tertiary/aromatic N) is 3. The Morgan fingerprint density at radius 3 is 2.29 bits per heavy atom. The van der Waals surface area contributed by atoms with Crippen LogP contribution in [-0.4, -0.2) is 52.5 Å². The first-order valence-corrected chi connectivity index (χ1v) is 11.0. The molecule has 4 nitrogen and oxygen atoms in total. The molecule has 144 valence electrons. The van der Waals surface area contributed by atoms with E-state index in [1.165, 1.54) is 12.1 Å². The maximum absolute atomic E-state index is 13.1. The molecule has 4 rings (SSSR count). The van der Waals surface area contributed by atoms with Crippen molar-refractivity contribution in [2.24, 2.45) is 0 Å². The van der Waals surface area contributed by atoms with E-state index in [9.17, 15) is 9.18 Å². The number of carbonyl (C=O) groups is 1. The molecule has 7 heteroatoms. The van der Waals surface area contributed by atoms with Gasteiger partial charge in [0.2, 0.25) is 0 Å². The second-order valence-corrected chi connectivity index (χ2v) is 8.43. The fourth-order valence-corrected chi connectivity index (χ4v) is 4.62. The van der Waals surface area contributed by atoms with Crippen LogP contribution in [0.1, 0.15) is 10.4 Å². The zero-order chi connectivity index (χ0) is 19.5. The quantitative estimate of drug-likeness (QED) is 0.584. The van der Waals surface area contributed by atoms with Gasteiger partial charge in [0, 0.05) is 43.5 Å². The number of piperazine rings is 1. The third-order valence-corrected chi connectivity index (χ3v) is 6.77. The Morgan fingerprint density at radius 2 is 1.64 bits per heavy atom. The van der Waals surface area contributed by atoms with Gasteiger partial charge in [-0.25, -0.2) is 13.7 Å². The van der Waals surface area contributed by atoms with E-state index in [1.54, 1.807) is 35.4 Å². The van der Waals surface area contributed by atoms with Gasteiger partial charge in [-0.2, -0.15) is 0 Å². The SMILES string of the molecule is CSN1CCN(C(=O)c2ccc(-c3cnc(-c4ccc(F)cc4)s3)cc2)CC1. The highest BCUT2D eigenvalue weighted by molar-refractivity contribution is 7.96. The van der Waals surface area contributed by atoms with E-state index in [2.05, 4.69) is 15.5 Å². The number of aromatic nitrogens is 1. The first-order valence-electron chi connectivity index (χ1n) is 9.04. The molecular formula is C21H20FN3OS2. The summed E-state index contributed by atoms with van der Waals surface area (Å²) >= 11 is 3.28. The third-order valence-electron chi connectivity index (χ3n) is 4.80. The Hall–Kier alpha value is -2.22. The van der Waals surface area contributed by atoms with Gasteiger partial charge in [0.25, 0.3) is 5.91 Å². The monoisotopic (exact) mass is 413 g/mol. The number of hydrogen-bond acceptors (Lipinski definition) is 5. The molecule has 28 heavy (non-hydrogen) atoms. The van der Waals surface area contributed by atoms with Crippen LogP contribution in [0, 0.1) is 5.82 Å². The van der Waals surface area contributed by atoms with E-state index in [4.69, 9.17) is 0 Å². The van der Waals surface area contributed by atoms with Gasteiger partial charge in [0.1, 0.15) is 10.8 Å². The third kappa shape index (κ3) is 4.11. The van der Waals surface area contributed by atoms with Crippen molar-refractivity contribution in [3.63, 3.8) is 0 Å². The summed E-state index contributed by atoms with van der Waals surface area (Å²) in [6.07, 6.45) is 3.89. The maximum atomic E-state index is 13.1. The van der Waals surface area contributed by atoms with Crippen molar-refractivity contribution in [2.45, 2.75) is 0 Å². The number of amides is 1. The number of benzene rings is 2. The van der Waals surface area contributed by atoms with Crippen LogP contribution in [0.4, 0.5) is 4.39 Å². The molecule has 0 atom stereocenters. The predicted octanol–water partition coefficient (Wildman–Crippen LogP) is 4.65. The lowest BCUT2D eigenvalue weighted by molar-refractivity contribution is 0.0704. The Labute approximate surface area is 172 Å². The lowest BCUT2D eigenvalue weighted by Crippen LogP contribution is -2.46. The van der Waals surface area contributed by atoms with Gasteiger partial charge in [0.05, 0.1) is 4.88 Å². The number of hydrogen-bond donors (Lipinski definition) is 0. The van der Waals surface area contributed by atoms with Crippen molar-refractivity contribution in [2.75, 3.05) is 32.4 Å². The van der Waals surface area contributed by atoms with E-state index < -0.39 is 0 Å². The van der Waals surface area contributed by atoms with Gasteiger partial charge in [-0.15, -0.1) is 11.3 Å². The van der Waals surface area contributed by atoms with E-state index in [0.717, 1.165) is 47.2 Å². The highest BCUT2D eigenvalue weighted by atomic mass is 32.2. The molecule has 0 N–H and O–H groups in total. The lowest BCUT2D eigenvalue weighted by Gasteiger charge is -2.33. The minimum atomic E-state index is -0.254. The Kier molecular flexibility index (Phi) is 5.75. The summed E-state index contributed by atoms with van der Waals surface area (Å²) in [5.41, 5.74) is 2.63. The molecule has 1 saturated heterocycles. The van der Waals surface area contributed by atoms with Crippen molar-refractivity contribution >= 4 is 29.2 Å². The maximum Gasteiger partial charge on any atom is 0.253 e. The molecular weight excluding hydrogens is 393 g/mol. The molecule has 2 heterocycles. The molecule has 2 aromatic carbocycles. The lowest BCUT2D eigenvalue weighted by atomic mass is 10.1. The molecule has 0 radical (unpaired) electrons. The van der Waals surface area contributed by atoms with Crippen LogP contribution < -0.4 is 0 Å². The van der Waals surface area contributed by atoms with Crippen molar-refractivity contribution < 1.29 is 9.18 Å². The van der Waals surface area contributed by atoms with Crippen LogP contribution in [0.15, 0.2) is 54.7 Å². The summed E-state index contributed by atoms with van der Waals surface area (Å²) in [5, 5.41) is 0.849. The van der Waals surface area contributed by atoms with Crippen LogP contribution in [-0.2, 0) is 0 Å². The fourth-order valence-electron chi connectivity index (χ4n) is 3.17. The van der Waals surface area contributed by atoms with E-state index in [0.29, 0.717) is 5.56 Å². The van der Waals surface area contributed by atoms with E-state index in [-0.39, 0.29) is 11.7 Å². The topological polar surface area (TPSA) is 36.4 Å². The highest BCUT2D eigenvalue weighted by Crippen LogP contribution is 2.32. The molecule has 0 aliphatic carbocycles. The van der Waals surface area contributed by atoms with Gasteiger partial charge in [0.15, 0.2) is 0 Å². The van der Waals surface area contributed by atoms with Crippen LogP contribution in [0.3, 0.4) is 0 Å². The summed E-state index contributed by atoms with van der Waals surface area (Å²) < 4.78 is 15.4. The highest BCUT2D eigenvalue weighted by Gasteiger charge is 2.21. The molecule has 1 fully saturated rings. The summed E-state index contributed by atoms with van der Waals surface area (Å²) in [4.78, 5) is 20.1. The van der Waals surface area contributed by atoms with E-state index in [1.807, 2.05) is 35.4 Å². The van der Waals surface area contributed by atoms with Crippen LogP contribution in [0.2, 0.25) is 0 Å². The molecule has 0 saturated carbocycles. The average Bonchev–Trinajstić information content (AvgIpc) is 3.24. The van der Waals surface area contributed by atoms with Crippen LogP contribution in [0.5, 0.6) is 0 Å². The standard InChI is InChI=1S/C21H20FN3OS2/c1-27-25-12-10-24(11-13-25)21(26)17-4-2-15(3-5-17)19-14-23-20(28-19)16-6-8-18(22)9-7-16/h2-9,14H,10-13H2,1H3. The largest absolute Gasteiger partial charge is 0.336 e. The van der Waals surface area contributed by atoms with Crippen molar-refractivity contribution in [1.29, 1.82) is 0 Å². The second kappa shape index (κ2) is 8.43. The van der Waals surface area contributed by atoms with Gasteiger partial charge >= 0.3 is 0 Å². The molecule has 0 unspecified atom stereocenters. The first kappa shape index (κ1) is 19.1. The molecule has 1 aliphatic heterocycles. The van der Waals surface area contributed by atoms with Gasteiger partial charge < -0.3 is 4.90 Å². The Morgan fingerprint density at radius 1 is 1.00 bits per heavy atom. The zero-order valence-corrected chi connectivity index (χ0v) is 17.1. The summed E-state index contributed by atoms with van der Waals surface area (Å²) in [7, 11) is 0. The number of halogens is 1. The Bertz CT molecular complexity index is 949. The van der Waals surface area contributed by atoms with Gasteiger partial charge in [-0.3, -0.25) is 4.79 Å². The normalized spacial score (nSPS) is 15.0. The zero-order valence-electron chi connectivity index (χ0n) is 15.5. The minimum Gasteiger partial charge on any atom is -0.336 e. The number of carbonyl (C=O) groups excluding carboxylic acids is 1.